The number of benzene rings is 1. The molecule has 1 atom stereocenters. The zero-order valence-electron chi connectivity index (χ0n) is 11.4. The summed E-state index contributed by atoms with van der Waals surface area (Å²) >= 11 is 0. The van der Waals surface area contributed by atoms with Crippen LogP contribution in [0.4, 0.5) is 10.2 Å². The van der Waals surface area contributed by atoms with E-state index in [4.69, 9.17) is 0 Å². The van der Waals surface area contributed by atoms with Crippen molar-refractivity contribution >= 4 is 5.82 Å². The van der Waals surface area contributed by atoms with Crippen molar-refractivity contribution in [1.82, 2.24) is 9.97 Å². The van der Waals surface area contributed by atoms with E-state index >= 15 is 0 Å². The molecule has 2 heterocycles. The lowest BCUT2D eigenvalue weighted by atomic mass is 9.91. The van der Waals surface area contributed by atoms with Crippen LogP contribution in [-0.4, -0.2) is 23.1 Å². The van der Waals surface area contributed by atoms with Crippen LogP contribution >= 0.6 is 0 Å². The van der Waals surface area contributed by atoms with Crippen LogP contribution < -0.4 is 4.90 Å². The Bertz CT molecular complexity index is 541. The first-order valence-corrected chi connectivity index (χ1v) is 7.06. The maximum absolute atomic E-state index is 12.9. The maximum atomic E-state index is 12.9. The second-order valence-corrected chi connectivity index (χ2v) is 5.35. The highest BCUT2D eigenvalue weighted by Gasteiger charge is 2.21. The summed E-state index contributed by atoms with van der Waals surface area (Å²) in [6.07, 6.45) is 6.78. The van der Waals surface area contributed by atoms with Crippen molar-refractivity contribution in [1.29, 1.82) is 0 Å². The summed E-state index contributed by atoms with van der Waals surface area (Å²) in [6.45, 7) is 2.06. The number of anilines is 1. The summed E-state index contributed by atoms with van der Waals surface area (Å²) in [4.78, 5) is 10.6. The van der Waals surface area contributed by atoms with Crippen LogP contribution in [0.25, 0.3) is 0 Å². The largest absolute Gasteiger partial charge is 0.356 e. The number of aromatic nitrogens is 2. The number of hydrogen-bond acceptors (Lipinski definition) is 3. The third-order valence-electron chi connectivity index (χ3n) is 3.85. The van der Waals surface area contributed by atoms with E-state index in [1.54, 1.807) is 24.7 Å². The molecule has 0 unspecified atom stereocenters. The third-order valence-corrected chi connectivity index (χ3v) is 3.85. The van der Waals surface area contributed by atoms with Crippen molar-refractivity contribution in [2.75, 3.05) is 18.0 Å². The smallest absolute Gasteiger partial charge is 0.131 e. The number of halogens is 1. The predicted molar refractivity (Wildman–Crippen MR) is 77.1 cm³/mol. The highest BCUT2D eigenvalue weighted by atomic mass is 19.1. The molecule has 0 amide bonds. The van der Waals surface area contributed by atoms with Crippen LogP contribution in [0.5, 0.6) is 0 Å². The Morgan fingerprint density at radius 2 is 2.05 bits per heavy atom. The average Bonchev–Trinajstić information content (AvgIpc) is 2.51. The van der Waals surface area contributed by atoms with Gasteiger partial charge in [0.05, 0.1) is 0 Å². The maximum Gasteiger partial charge on any atom is 0.131 e. The standard InChI is InChI=1S/C16H18FN3/c17-15-5-3-13(4-6-15)10-14-2-1-9-20(11-14)16-7-8-18-12-19-16/h3-8,12,14H,1-2,9-11H2/t14-/m0/s1. The van der Waals surface area contributed by atoms with E-state index < -0.39 is 0 Å². The minimum atomic E-state index is -0.167. The monoisotopic (exact) mass is 271 g/mol. The van der Waals surface area contributed by atoms with Gasteiger partial charge in [0.2, 0.25) is 0 Å². The quantitative estimate of drug-likeness (QED) is 0.859. The summed E-state index contributed by atoms with van der Waals surface area (Å²) in [7, 11) is 0. The zero-order valence-corrected chi connectivity index (χ0v) is 11.4. The fraction of sp³-hybridized carbons (Fsp3) is 0.375. The lowest BCUT2D eigenvalue weighted by molar-refractivity contribution is 0.411. The summed E-state index contributed by atoms with van der Waals surface area (Å²) < 4.78 is 12.9. The minimum absolute atomic E-state index is 0.167. The Kier molecular flexibility index (Phi) is 3.90. The highest BCUT2D eigenvalue weighted by Crippen LogP contribution is 2.24. The van der Waals surface area contributed by atoms with E-state index in [0.717, 1.165) is 25.3 Å². The second kappa shape index (κ2) is 5.99. The van der Waals surface area contributed by atoms with Gasteiger partial charge in [-0.15, -0.1) is 0 Å². The number of piperidine rings is 1. The number of rotatable bonds is 3. The zero-order chi connectivity index (χ0) is 13.8. The van der Waals surface area contributed by atoms with E-state index in [1.165, 1.54) is 18.4 Å². The van der Waals surface area contributed by atoms with Crippen molar-refractivity contribution in [3.05, 3.63) is 54.2 Å². The van der Waals surface area contributed by atoms with E-state index in [1.807, 2.05) is 18.2 Å². The Morgan fingerprint density at radius 3 is 2.80 bits per heavy atom. The summed E-state index contributed by atoms with van der Waals surface area (Å²) in [6, 6.07) is 8.82. The first-order chi connectivity index (χ1) is 9.81. The van der Waals surface area contributed by atoms with Crippen LogP contribution in [0.2, 0.25) is 0 Å². The molecule has 0 N–H and O–H groups in total. The third kappa shape index (κ3) is 3.13. The van der Waals surface area contributed by atoms with Gasteiger partial charge >= 0.3 is 0 Å². The summed E-state index contributed by atoms with van der Waals surface area (Å²) in [5.74, 6) is 1.44. The van der Waals surface area contributed by atoms with Gasteiger partial charge in [-0.3, -0.25) is 0 Å². The summed E-state index contributed by atoms with van der Waals surface area (Å²) in [5, 5.41) is 0. The number of nitrogens with zero attached hydrogens (tertiary/aromatic N) is 3. The van der Waals surface area contributed by atoms with Gasteiger partial charge < -0.3 is 4.90 Å². The van der Waals surface area contributed by atoms with E-state index in [9.17, 15) is 4.39 Å². The van der Waals surface area contributed by atoms with Crippen LogP contribution in [0.1, 0.15) is 18.4 Å². The van der Waals surface area contributed by atoms with Gasteiger partial charge in [0.15, 0.2) is 0 Å². The van der Waals surface area contributed by atoms with Crippen molar-refractivity contribution in [3.63, 3.8) is 0 Å². The average molecular weight is 271 g/mol. The van der Waals surface area contributed by atoms with Gasteiger partial charge in [0.1, 0.15) is 18.0 Å². The first-order valence-electron chi connectivity index (χ1n) is 7.06. The van der Waals surface area contributed by atoms with E-state index in [2.05, 4.69) is 14.9 Å². The molecular formula is C16H18FN3. The molecule has 4 heteroatoms. The lowest BCUT2D eigenvalue weighted by Crippen LogP contribution is -2.36. The fourth-order valence-electron chi connectivity index (χ4n) is 2.86. The van der Waals surface area contributed by atoms with Crippen molar-refractivity contribution in [2.24, 2.45) is 5.92 Å². The van der Waals surface area contributed by atoms with Crippen LogP contribution in [-0.2, 0) is 6.42 Å². The van der Waals surface area contributed by atoms with Crippen LogP contribution in [0.3, 0.4) is 0 Å². The molecule has 1 aromatic carbocycles. The molecule has 3 nitrogen and oxygen atoms in total. The molecular weight excluding hydrogens is 253 g/mol. The topological polar surface area (TPSA) is 29.0 Å². The molecule has 1 aliphatic rings. The van der Waals surface area contributed by atoms with Crippen molar-refractivity contribution in [3.8, 4) is 0 Å². The second-order valence-electron chi connectivity index (χ2n) is 5.35. The molecule has 20 heavy (non-hydrogen) atoms. The van der Waals surface area contributed by atoms with Gasteiger partial charge in [-0.05, 0) is 48.9 Å². The Morgan fingerprint density at radius 1 is 1.20 bits per heavy atom. The molecule has 0 spiro atoms. The SMILES string of the molecule is Fc1ccc(C[C@@H]2CCCN(c3ccncn3)C2)cc1. The number of hydrogen-bond donors (Lipinski definition) is 0. The van der Waals surface area contributed by atoms with Gasteiger partial charge in [-0.25, -0.2) is 14.4 Å². The molecule has 1 aromatic heterocycles. The van der Waals surface area contributed by atoms with Crippen LogP contribution in [0.15, 0.2) is 42.9 Å². The molecule has 0 bridgehead atoms. The Labute approximate surface area is 118 Å². The fourth-order valence-corrected chi connectivity index (χ4v) is 2.86. The Balaban J connectivity index is 1.65. The van der Waals surface area contributed by atoms with E-state index in [0.29, 0.717) is 5.92 Å². The van der Waals surface area contributed by atoms with Gasteiger partial charge in [-0.2, -0.15) is 0 Å². The molecule has 0 radical (unpaired) electrons. The van der Waals surface area contributed by atoms with Gasteiger partial charge in [-0.1, -0.05) is 12.1 Å². The summed E-state index contributed by atoms with van der Waals surface area (Å²) in [5.41, 5.74) is 1.21. The molecule has 1 saturated heterocycles. The molecule has 2 aromatic rings. The first kappa shape index (κ1) is 13.0. The van der Waals surface area contributed by atoms with E-state index in [-0.39, 0.29) is 5.82 Å². The molecule has 0 aliphatic carbocycles. The molecule has 104 valence electrons. The normalized spacial score (nSPS) is 19.1. The lowest BCUT2D eigenvalue weighted by Gasteiger charge is -2.33. The van der Waals surface area contributed by atoms with Gasteiger partial charge in [0, 0.05) is 19.3 Å². The minimum Gasteiger partial charge on any atom is -0.356 e. The van der Waals surface area contributed by atoms with Gasteiger partial charge in [0.25, 0.3) is 0 Å². The molecule has 0 saturated carbocycles. The van der Waals surface area contributed by atoms with Crippen molar-refractivity contribution < 1.29 is 4.39 Å². The predicted octanol–water partition coefficient (Wildman–Crippen LogP) is 3.07. The molecule has 1 aliphatic heterocycles. The highest BCUT2D eigenvalue weighted by molar-refractivity contribution is 5.37. The molecule has 1 fully saturated rings. The van der Waals surface area contributed by atoms with Crippen LogP contribution in [0, 0.1) is 11.7 Å². The van der Waals surface area contributed by atoms with Crippen molar-refractivity contribution in [2.45, 2.75) is 19.3 Å². The molecule has 3 rings (SSSR count). The Hall–Kier alpha value is -1.97.